The van der Waals surface area contributed by atoms with Gasteiger partial charge in [-0.1, -0.05) is 30.3 Å². The smallest absolute Gasteiger partial charge is 0.348 e. The van der Waals surface area contributed by atoms with Crippen molar-refractivity contribution in [3.8, 4) is 28.6 Å². The summed E-state index contributed by atoms with van der Waals surface area (Å²) in [6.45, 7) is -0.0799. The SMILES string of the molecule is CN(Cc1ccccc1F)C(=O)c1cc(-c2n[nH]c(=O)n2-c2ccccc2F)c(O)cc1O. The standard InChI is InChI=1S/C23H18F2N4O4/c1-28(12-13-6-2-3-7-16(13)24)22(32)15-10-14(19(30)11-20(15)31)21-26-27-23(33)29(21)18-9-5-4-8-17(18)25/h2-11,30-31H,12H2,1H3,(H,27,33). The van der Waals surface area contributed by atoms with Gasteiger partial charge < -0.3 is 15.1 Å². The maximum Gasteiger partial charge on any atom is 0.348 e. The highest BCUT2D eigenvalue weighted by molar-refractivity contribution is 5.98. The Morgan fingerprint density at radius 1 is 1.03 bits per heavy atom. The van der Waals surface area contributed by atoms with Crippen LogP contribution in [0.3, 0.4) is 0 Å². The van der Waals surface area contributed by atoms with Crippen molar-refractivity contribution in [2.45, 2.75) is 6.54 Å². The Balaban J connectivity index is 1.77. The lowest BCUT2D eigenvalue weighted by Gasteiger charge is -2.19. The van der Waals surface area contributed by atoms with Crippen LogP contribution in [0, 0.1) is 11.6 Å². The topological polar surface area (TPSA) is 111 Å². The Bertz CT molecular complexity index is 1410. The molecule has 4 rings (SSSR count). The third-order valence-corrected chi connectivity index (χ3v) is 5.06. The number of phenolic OH excluding ortho intramolecular Hbond substituents is 2. The molecule has 0 saturated heterocycles. The van der Waals surface area contributed by atoms with Gasteiger partial charge in [0, 0.05) is 25.2 Å². The number of rotatable bonds is 5. The second-order valence-electron chi connectivity index (χ2n) is 7.28. The van der Waals surface area contributed by atoms with Gasteiger partial charge >= 0.3 is 5.69 Å². The summed E-state index contributed by atoms with van der Waals surface area (Å²) in [5, 5.41) is 26.8. The number of aromatic amines is 1. The molecule has 4 aromatic rings. The number of nitrogens with zero attached hydrogens (tertiary/aromatic N) is 3. The van der Waals surface area contributed by atoms with Crippen molar-refractivity contribution in [2.75, 3.05) is 7.05 Å². The van der Waals surface area contributed by atoms with E-state index in [1.807, 2.05) is 0 Å². The number of hydrogen-bond acceptors (Lipinski definition) is 5. The molecule has 10 heteroatoms. The maximum atomic E-state index is 14.4. The first-order chi connectivity index (χ1) is 15.8. The number of H-pyrrole nitrogens is 1. The van der Waals surface area contributed by atoms with Gasteiger partial charge in [0.1, 0.15) is 23.1 Å². The molecule has 0 saturated carbocycles. The van der Waals surface area contributed by atoms with Crippen LogP contribution in [-0.2, 0) is 6.54 Å². The molecule has 168 valence electrons. The zero-order chi connectivity index (χ0) is 23.7. The van der Waals surface area contributed by atoms with E-state index in [0.29, 0.717) is 0 Å². The van der Waals surface area contributed by atoms with Crippen molar-refractivity contribution in [1.82, 2.24) is 19.7 Å². The Morgan fingerprint density at radius 2 is 1.70 bits per heavy atom. The van der Waals surface area contributed by atoms with Crippen LogP contribution in [0.5, 0.6) is 11.5 Å². The summed E-state index contributed by atoms with van der Waals surface area (Å²) in [6, 6.07) is 13.5. The van der Waals surface area contributed by atoms with Crippen LogP contribution in [-0.4, -0.2) is 42.8 Å². The first-order valence-electron chi connectivity index (χ1n) is 9.75. The normalized spacial score (nSPS) is 10.9. The molecular weight excluding hydrogens is 434 g/mol. The lowest BCUT2D eigenvalue weighted by molar-refractivity contribution is 0.0781. The van der Waals surface area contributed by atoms with Gasteiger partial charge in [-0.3, -0.25) is 4.79 Å². The van der Waals surface area contributed by atoms with Gasteiger partial charge in [0.05, 0.1) is 16.8 Å². The summed E-state index contributed by atoms with van der Waals surface area (Å²) in [6.07, 6.45) is 0. The number of hydrogen-bond donors (Lipinski definition) is 3. The number of para-hydroxylation sites is 1. The van der Waals surface area contributed by atoms with Crippen molar-refractivity contribution in [3.63, 3.8) is 0 Å². The number of aromatic nitrogens is 3. The second kappa shape index (κ2) is 8.58. The molecule has 33 heavy (non-hydrogen) atoms. The highest BCUT2D eigenvalue weighted by Gasteiger charge is 2.24. The van der Waals surface area contributed by atoms with Gasteiger partial charge in [-0.15, -0.1) is 0 Å². The third kappa shape index (κ3) is 4.05. The lowest BCUT2D eigenvalue weighted by Crippen LogP contribution is -2.26. The molecule has 0 atom stereocenters. The van der Waals surface area contributed by atoms with E-state index in [1.54, 1.807) is 6.07 Å². The fourth-order valence-corrected chi connectivity index (χ4v) is 3.42. The van der Waals surface area contributed by atoms with Crippen molar-refractivity contribution in [3.05, 3.63) is 93.9 Å². The molecule has 0 aliphatic carbocycles. The van der Waals surface area contributed by atoms with Gasteiger partial charge in [0.15, 0.2) is 5.82 Å². The van der Waals surface area contributed by atoms with Crippen molar-refractivity contribution >= 4 is 5.91 Å². The van der Waals surface area contributed by atoms with Gasteiger partial charge in [-0.2, -0.15) is 5.10 Å². The Kier molecular flexibility index (Phi) is 5.65. The second-order valence-corrected chi connectivity index (χ2v) is 7.28. The number of phenols is 2. The molecule has 1 heterocycles. The monoisotopic (exact) mass is 452 g/mol. The molecule has 0 spiro atoms. The quantitative estimate of drug-likeness (QED) is 0.431. The summed E-state index contributed by atoms with van der Waals surface area (Å²) in [4.78, 5) is 26.5. The largest absolute Gasteiger partial charge is 0.507 e. The molecular formula is C23H18F2N4O4. The molecule has 1 aromatic heterocycles. The Hall–Kier alpha value is -4.47. The summed E-state index contributed by atoms with van der Waals surface area (Å²) in [5.41, 5.74) is -0.947. The van der Waals surface area contributed by atoms with Gasteiger partial charge in [-0.25, -0.2) is 23.2 Å². The van der Waals surface area contributed by atoms with Crippen molar-refractivity contribution in [1.29, 1.82) is 0 Å². The van der Waals surface area contributed by atoms with Crippen LogP contribution >= 0.6 is 0 Å². The van der Waals surface area contributed by atoms with E-state index in [-0.39, 0.29) is 34.7 Å². The molecule has 0 bridgehead atoms. The van der Waals surface area contributed by atoms with E-state index in [1.165, 1.54) is 48.3 Å². The summed E-state index contributed by atoms with van der Waals surface area (Å²) >= 11 is 0. The van der Waals surface area contributed by atoms with Crippen LogP contribution < -0.4 is 5.69 Å². The van der Waals surface area contributed by atoms with Crippen LogP contribution in [0.4, 0.5) is 8.78 Å². The number of benzene rings is 3. The van der Waals surface area contributed by atoms with Crippen molar-refractivity contribution < 1.29 is 23.8 Å². The minimum atomic E-state index is -0.771. The first kappa shape index (κ1) is 21.8. The van der Waals surface area contributed by atoms with Crippen LogP contribution in [0.25, 0.3) is 17.1 Å². The van der Waals surface area contributed by atoms with E-state index in [0.717, 1.165) is 22.8 Å². The molecule has 0 aliphatic rings. The Morgan fingerprint density at radius 3 is 2.39 bits per heavy atom. The number of aromatic hydroxyl groups is 2. The van der Waals surface area contributed by atoms with E-state index >= 15 is 0 Å². The zero-order valence-corrected chi connectivity index (χ0v) is 17.3. The maximum absolute atomic E-state index is 14.4. The molecule has 8 nitrogen and oxygen atoms in total. The number of halogens is 2. The zero-order valence-electron chi connectivity index (χ0n) is 17.3. The first-order valence-corrected chi connectivity index (χ1v) is 9.75. The number of carbonyl (C=O) groups excluding carboxylic acids is 1. The van der Waals surface area contributed by atoms with Crippen LogP contribution in [0.1, 0.15) is 15.9 Å². The molecule has 3 N–H and O–H groups in total. The average Bonchev–Trinajstić information content (AvgIpc) is 3.16. The van der Waals surface area contributed by atoms with Crippen LogP contribution in [0.15, 0.2) is 65.5 Å². The molecule has 0 aliphatic heterocycles. The molecule has 0 radical (unpaired) electrons. The molecule has 0 unspecified atom stereocenters. The Labute approximate surface area is 186 Å². The van der Waals surface area contributed by atoms with E-state index < -0.39 is 34.7 Å². The fraction of sp³-hybridized carbons (Fsp3) is 0.0870. The molecule has 1 amide bonds. The van der Waals surface area contributed by atoms with Gasteiger partial charge in [0.25, 0.3) is 5.91 Å². The van der Waals surface area contributed by atoms with Gasteiger partial charge in [0.2, 0.25) is 0 Å². The molecule has 0 fully saturated rings. The predicted molar refractivity (Wildman–Crippen MR) is 115 cm³/mol. The summed E-state index contributed by atoms with van der Waals surface area (Å²) in [5.74, 6) is -3.06. The van der Waals surface area contributed by atoms with E-state index in [4.69, 9.17) is 0 Å². The average molecular weight is 452 g/mol. The highest BCUT2D eigenvalue weighted by atomic mass is 19.1. The predicted octanol–water partition coefficient (Wildman–Crippen LogP) is 3.19. The van der Waals surface area contributed by atoms with E-state index in [2.05, 4.69) is 10.2 Å². The van der Waals surface area contributed by atoms with E-state index in [9.17, 15) is 28.6 Å². The highest BCUT2D eigenvalue weighted by Crippen LogP contribution is 2.35. The van der Waals surface area contributed by atoms with Crippen LogP contribution in [0.2, 0.25) is 0 Å². The number of nitrogens with one attached hydrogen (secondary N) is 1. The number of carbonyl (C=O) groups is 1. The minimum Gasteiger partial charge on any atom is -0.507 e. The van der Waals surface area contributed by atoms with Crippen molar-refractivity contribution in [2.24, 2.45) is 0 Å². The number of amides is 1. The lowest BCUT2D eigenvalue weighted by atomic mass is 10.1. The molecule has 3 aromatic carbocycles. The third-order valence-electron chi connectivity index (χ3n) is 5.06. The summed E-state index contributed by atoms with van der Waals surface area (Å²) < 4.78 is 29.2. The fourth-order valence-electron chi connectivity index (χ4n) is 3.42. The summed E-state index contributed by atoms with van der Waals surface area (Å²) in [7, 11) is 1.42. The minimum absolute atomic E-state index is 0.0799. The van der Waals surface area contributed by atoms with Gasteiger partial charge in [-0.05, 0) is 24.3 Å².